The van der Waals surface area contributed by atoms with Gasteiger partial charge in [0.2, 0.25) is 11.8 Å². The van der Waals surface area contributed by atoms with E-state index in [0.717, 1.165) is 50.9 Å². The smallest absolute Gasteiger partial charge is 0.225 e. The molecule has 32 heavy (non-hydrogen) atoms. The van der Waals surface area contributed by atoms with Crippen LogP contribution in [0.5, 0.6) is 5.75 Å². The fourth-order valence-electron chi connectivity index (χ4n) is 6.73. The van der Waals surface area contributed by atoms with Crippen LogP contribution in [-0.4, -0.2) is 42.5 Å². The van der Waals surface area contributed by atoms with E-state index in [0.29, 0.717) is 23.7 Å². The highest BCUT2D eigenvalue weighted by Gasteiger charge is 2.53. The maximum absolute atomic E-state index is 13.0. The number of likely N-dealkylation sites (tertiary alicyclic amines) is 1. The number of carbonyl (C=O) groups is 2. The zero-order valence-corrected chi connectivity index (χ0v) is 20.1. The van der Waals surface area contributed by atoms with Crippen LogP contribution in [0, 0.1) is 11.3 Å². The number of hydrogen-bond donors (Lipinski definition) is 1. The largest absolute Gasteiger partial charge is 0.496 e. The van der Waals surface area contributed by atoms with Gasteiger partial charge in [-0.2, -0.15) is 0 Å². The highest BCUT2D eigenvalue weighted by Crippen LogP contribution is 2.58. The van der Waals surface area contributed by atoms with Gasteiger partial charge in [0.05, 0.1) is 7.11 Å². The molecule has 0 aromatic heterocycles. The van der Waals surface area contributed by atoms with Gasteiger partial charge in [-0.1, -0.05) is 32.9 Å². The Morgan fingerprint density at radius 2 is 1.78 bits per heavy atom. The van der Waals surface area contributed by atoms with Gasteiger partial charge in [-0.25, -0.2) is 0 Å². The fraction of sp³-hybridized carbons (Fsp3) is 0.704. The first-order chi connectivity index (χ1) is 15.1. The van der Waals surface area contributed by atoms with Crippen molar-refractivity contribution in [2.75, 3.05) is 20.2 Å². The summed E-state index contributed by atoms with van der Waals surface area (Å²) in [7, 11) is 1.77. The Morgan fingerprint density at radius 3 is 2.34 bits per heavy atom. The summed E-state index contributed by atoms with van der Waals surface area (Å²) in [5.41, 5.74) is 3.20. The molecule has 174 valence electrons. The molecule has 1 aromatic rings. The Labute approximate surface area is 192 Å². The quantitative estimate of drug-likeness (QED) is 0.754. The molecule has 5 heteroatoms. The third kappa shape index (κ3) is 3.72. The molecule has 2 saturated carbocycles. The Morgan fingerprint density at radius 1 is 1.09 bits per heavy atom. The summed E-state index contributed by atoms with van der Waals surface area (Å²) < 4.78 is 5.71. The topological polar surface area (TPSA) is 58.6 Å². The molecule has 2 aliphatic heterocycles. The van der Waals surface area contributed by atoms with Crippen molar-refractivity contribution in [2.45, 2.75) is 89.0 Å². The van der Waals surface area contributed by atoms with Crippen molar-refractivity contribution < 1.29 is 14.3 Å². The van der Waals surface area contributed by atoms with Gasteiger partial charge in [-0.3, -0.25) is 9.59 Å². The second-order valence-electron chi connectivity index (χ2n) is 12.1. The van der Waals surface area contributed by atoms with Crippen molar-refractivity contribution in [1.29, 1.82) is 0 Å². The number of hydrogen-bond acceptors (Lipinski definition) is 3. The third-order valence-electron chi connectivity index (χ3n) is 8.89. The van der Waals surface area contributed by atoms with Gasteiger partial charge >= 0.3 is 0 Å². The van der Waals surface area contributed by atoms with E-state index in [1.165, 1.54) is 24.0 Å². The Bertz CT molecular complexity index is 909. The summed E-state index contributed by atoms with van der Waals surface area (Å²) in [5.74, 6) is 2.17. The molecule has 5 nitrogen and oxygen atoms in total. The maximum atomic E-state index is 13.0. The van der Waals surface area contributed by atoms with Gasteiger partial charge in [-0.05, 0) is 78.9 Å². The van der Waals surface area contributed by atoms with E-state index in [2.05, 4.69) is 49.2 Å². The molecule has 2 spiro atoms. The minimum absolute atomic E-state index is 0.0593. The number of ether oxygens (including phenoxy) is 1. The van der Waals surface area contributed by atoms with Crippen molar-refractivity contribution in [2.24, 2.45) is 11.3 Å². The molecule has 0 bridgehead atoms. The molecule has 4 fully saturated rings. The van der Waals surface area contributed by atoms with Gasteiger partial charge in [-0.15, -0.1) is 0 Å². The van der Waals surface area contributed by atoms with Crippen LogP contribution in [0.15, 0.2) is 18.2 Å². The molecule has 2 saturated heterocycles. The van der Waals surface area contributed by atoms with E-state index in [4.69, 9.17) is 4.74 Å². The molecule has 0 atom stereocenters. The Kier molecular flexibility index (Phi) is 5.10. The van der Waals surface area contributed by atoms with Crippen LogP contribution in [0.4, 0.5) is 0 Å². The fourth-order valence-corrected chi connectivity index (χ4v) is 6.73. The number of rotatable bonds is 3. The highest BCUT2D eigenvalue weighted by atomic mass is 16.5. The van der Waals surface area contributed by atoms with Crippen molar-refractivity contribution in [1.82, 2.24) is 10.2 Å². The van der Waals surface area contributed by atoms with Crippen LogP contribution >= 0.6 is 0 Å². The molecule has 5 rings (SSSR count). The van der Waals surface area contributed by atoms with Crippen LogP contribution in [0.1, 0.15) is 89.2 Å². The average molecular weight is 439 g/mol. The molecule has 2 amide bonds. The molecular weight excluding hydrogens is 400 g/mol. The molecule has 4 aliphatic rings. The standard InChI is InChI=1S/C27H38N2O3/c1-25(2,3)20-5-6-22(32-4)21(13-20)18-14-26(15-18)9-11-29(12-10-26)24(31)19-16-27(17-19)8-7-23(30)28-27/h5-6,13,18-19H,7-12,14-17H2,1-4H3,(H,28,30)/t19-,27+. The van der Waals surface area contributed by atoms with Crippen molar-refractivity contribution in [3.8, 4) is 5.75 Å². The second-order valence-corrected chi connectivity index (χ2v) is 12.1. The first-order valence-electron chi connectivity index (χ1n) is 12.4. The van der Waals surface area contributed by atoms with Gasteiger partial charge in [0.1, 0.15) is 5.75 Å². The predicted molar refractivity (Wildman–Crippen MR) is 125 cm³/mol. The summed E-state index contributed by atoms with van der Waals surface area (Å²) in [4.78, 5) is 26.7. The number of carbonyl (C=O) groups excluding carboxylic acids is 2. The van der Waals surface area contributed by atoms with Crippen LogP contribution < -0.4 is 10.1 Å². The third-order valence-corrected chi connectivity index (χ3v) is 8.89. The first kappa shape index (κ1) is 21.8. The monoisotopic (exact) mass is 438 g/mol. The van der Waals surface area contributed by atoms with Crippen LogP contribution in [-0.2, 0) is 15.0 Å². The Balaban J connectivity index is 1.16. The van der Waals surface area contributed by atoms with E-state index >= 15 is 0 Å². The molecule has 2 aliphatic carbocycles. The number of benzene rings is 1. The minimum atomic E-state index is -0.0593. The van der Waals surface area contributed by atoms with Crippen LogP contribution in [0.2, 0.25) is 0 Å². The van der Waals surface area contributed by atoms with Gasteiger partial charge in [0.25, 0.3) is 0 Å². The lowest BCUT2D eigenvalue weighted by Gasteiger charge is -2.54. The van der Waals surface area contributed by atoms with E-state index < -0.39 is 0 Å². The lowest BCUT2D eigenvalue weighted by atomic mass is 9.55. The van der Waals surface area contributed by atoms with Gasteiger partial charge < -0.3 is 15.0 Å². The number of amides is 2. The lowest BCUT2D eigenvalue weighted by molar-refractivity contribution is -0.145. The van der Waals surface area contributed by atoms with Crippen molar-refractivity contribution >= 4 is 11.8 Å². The van der Waals surface area contributed by atoms with Crippen molar-refractivity contribution in [3.63, 3.8) is 0 Å². The summed E-state index contributed by atoms with van der Waals surface area (Å²) in [6.07, 6.45) is 7.85. The number of methoxy groups -OCH3 is 1. The maximum Gasteiger partial charge on any atom is 0.225 e. The zero-order valence-electron chi connectivity index (χ0n) is 20.1. The highest BCUT2D eigenvalue weighted by molar-refractivity contribution is 5.83. The molecule has 1 N–H and O–H groups in total. The minimum Gasteiger partial charge on any atom is -0.496 e. The van der Waals surface area contributed by atoms with Gasteiger partial charge in [0.15, 0.2) is 0 Å². The lowest BCUT2D eigenvalue weighted by Crippen LogP contribution is -2.58. The molecule has 0 radical (unpaired) electrons. The normalized spacial score (nSPS) is 26.6. The summed E-state index contributed by atoms with van der Waals surface area (Å²) >= 11 is 0. The number of nitrogens with zero attached hydrogens (tertiary/aromatic N) is 1. The van der Waals surface area contributed by atoms with Crippen LogP contribution in [0.25, 0.3) is 0 Å². The molecular formula is C27H38N2O3. The first-order valence-corrected chi connectivity index (χ1v) is 12.4. The number of nitrogens with one attached hydrogen (secondary N) is 1. The van der Waals surface area contributed by atoms with E-state index in [1.807, 2.05) is 0 Å². The SMILES string of the molecule is COc1ccc(C(C)(C)C)cc1C1CC2(CCN(C(=O)[C@H]3C[C@]4(CCC(=O)N4)C3)CC2)C1. The summed E-state index contributed by atoms with van der Waals surface area (Å²) in [6, 6.07) is 6.70. The second kappa shape index (κ2) is 7.50. The summed E-state index contributed by atoms with van der Waals surface area (Å²) in [6.45, 7) is 8.57. The molecule has 1 aromatic carbocycles. The Hall–Kier alpha value is -2.04. The van der Waals surface area contributed by atoms with E-state index in [1.54, 1.807) is 7.11 Å². The number of piperidine rings is 1. The van der Waals surface area contributed by atoms with Crippen LogP contribution in [0.3, 0.4) is 0 Å². The van der Waals surface area contributed by atoms with E-state index in [9.17, 15) is 9.59 Å². The van der Waals surface area contributed by atoms with Crippen molar-refractivity contribution in [3.05, 3.63) is 29.3 Å². The van der Waals surface area contributed by atoms with E-state index in [-0.39, 0.29) is 22.8 Å². The zero-order chi connectivity index (χ0) is 22.7. The summed E-state index contributed by atoms with van der Waals surface area (Å²) in [5, 5.41) is 3.11. The average Bonchev–Trinajstić information content (AvgIpc) is 3.11. The van der Waals surface area contributed by atoms with Gasteiger partial charge in [0, 0.05) is 31.0 Å². The molecule has 0 unspecified atom stereocenters. The molecule has 2 heterocycles. The predicted octanol–water partition coefficient (Wildman–Crippen LogP) is 4.54.